The molecule has 0 spiro atoms. The average molecular weight is 411 g/mol. The molecule has 2 aromatic rings. The third kappa shape index (κ3) is 5.28. The number of carbonyl (C=O) groups excluding carboxylic acids is 4. The van der Waals surface area contributed by atoms with Gasteiger partial charge in [0.25, 0.3) is 11.8 Å². The lowest BCUT2D eigenvalue weighted by molar-refractivity contribution is -0.122. The fraction of sp³-hybridized carbons (Fsp3) is 0.273. The zero-order chi connectivity index (χ0) is 21.5. The molecule has 7 nitrogen and oxygen atoms in total. The maximum atomic E-state index is 12.8. The Balaban J connectivity index is 1.30. The van der Waals surface area contributed by atoms with Crippen molar-refractivity contribution in [1.82, 2.24) is 15.5 Å². The molecule has 4 amide bonds. The van der Waals surface area contributed by atoms with Crippen molar-refractivity contribution in [2.45, 2.75) is 19.3 Å². The zero-order valence-corrected chi connectivity index (χ0v) is 16.3. The van der Waals surface area contributed by atoms with E-state index in [1.807, 2.05) is 0 Å². The van der Waals surface area contributed by atoms with Crippen molar-refractivity contribution in [2.24, 2.45) is 0 Å². The van der Waals surface area contributed by atoms with E-state index in [1.54, 1.807) is 36.4 Å². The maximum Gasteiger partial charge on any atom is 0.261 e. The number of fused-ring (bicyclic) bond motifs is 1. The third-order valence-corrected chi connectivity index (χ3v) is 4.71. The standard InChI is InChI=1S/C22H22FN3O4/c23-16-9-7-15(8-10-16)14-20(28)25-12-11-24-19(27)6-3-13-26-21(29)17-4-1-2-5-18(17)22(26)30/h1-2,4-5,7-10H,3,6,11-14H2,(H,24,27)(H,25,28). The summed E-state index contributed by atoms with van der Waals surface area (Å²) >= 11 is 0. The van der Waals surface area contributed by atoms with Crippen LogP contribution in [0, 0.1) is 5.82 Å². The van der Waals surface area contributed by atoms with Crippen molar-refractivity contribution in [3.05, 3.63) is 71.0 Å². The van der Waals surface area contributed by atoms with E-state index in [1.165, 1.54) is 12.1 Å². The first-order chi connectivity index (χ1) is 14.5. The van der Waals surface area contributed by atoms with Crippen molar-refractivity contribution in [1.29, 1.82) is 0 Å². The lowest BCUT2D eigenvalue weighted by Crippen LogP contribution is -2.36. The quantitative estimate of drug-likeness (QED) is 0.485. The first kappa shape index (κ1) is 21.2. The second-order valence-electron chi connectivity index (χ2n) is 6.91. The number of imide groups is 1. The van der Waals surface area contributed by atoms with Crippen molar-refractivity contribution < 1.29 is 23.6 Å². The van der Waals surface area contributed by atoms with Gasteiger partial charge in [-0.25, -0.2) is 4.39 Å². The number of benzene rings is 2. The van der Waals surface area contributed by atoms with Gasteiger partial charge in [-0.15, -0.1) is 0 Å². The van der Waals surface area contributed by atoms with Gasteiger partial charge in [-0.3, -0.25) is 24.1 Å². The number of nitrogens with one attached hydrogen (secondary N) is 2. The van der Waals surface area contributed by atoms with Gasteiger partial charge in [0.05, 0.1) is 17.5 Å². The van der Waals surface area contributed by atoms with Crippen LogP contribution in [0.25, 0.3) is 0 Å². The molecule has 1 aliphatic heterocycles. The van der Waals surface area contributed by atoms with Crippen LogP contribution in [-0.2, 0) is 16.0 Å². The third-order valence-electron chi connectivity index (χ3n) is 4.71. The van der Waals surface area contributed by atoms with Crippen molar-refractivity contribution in [3.8, 4) is 0 Å². The largest absolute Gasteiger partial charge is 0.354 e. The number of carbonyl (C=O) groups is 4. The first-order valence-corrected chi connectivity index (χ1v) is 9.69. The van der Waals surface area contributed by atoms with E-state index in [0.29, 0.717) is 23.1 Å². The summed E-state index contributed by atoms with van der Waals surface area (Å²) in [5.41, 5.74) is 1.48. The summed E-state index contributed by atoms with van der Waals surface area (Å²) in [5, 5.41) is 5.36. The molecule has 0 unspecified atom stereocenters. The highest BCUT2D eigenvalue weighted by molar-refractivity contribution is 6.21. The van der Waals surface area contributed by atoms with Crippen LogP contribution in [-0.4, -0.2) is 48.2 Å². The minimum Gasteiger partial charge on any atom is -0.354 e. The number of amides is 4. The summed E-state index contributed by atoms with van der Waals surface area (Å²) in [4.78, 5) is 49.4. The number of hydrogen-bond acceptors (Lipinski definition) is 4. The highest BCUT2D eigenvalue weighted by Crippen LogP contribution is 2.22. The van der Waals surface area contributed by atoms with Gasteiger partial charge in [0, 0.05) is 26.1 Å². The van der Waals surface area contributed by atoms with E-state index in [0.717, 1.165) is 4.90 Å². The molecule has 2 N–H and O–H groups in total. The molecular weight excluding hydrogens is 389 g/mol. The van der Waals surface area contributed by atoms with Crippen LogP contribution in [0.3, 0.4) is 0 Å². The molecule has 0 aromatic heterocycles. The molecule has 0 radical (unpaired) electrons. The van der Waals surface area contributed by atoms with Crippen molar-refractivity contribution in [2.75, 3.05) is 19.6 Å². The highest BCUT2D eigenvalue weighted by atomic mass is 19.1. The smallest absolute Gasteiger partial charge is 0.261 e. The van der Waals surface area contributed by atoms with E-state index in [4.69, 9.17) is 0 Å². The molecule has 0 saturated heterocycles. The van der Waals surface area contributed by atoms with Crippen LogP contribution in [0.4, 0.5) is 4.39 Å². The van der Waals surface area contributed by atoms with Crippen LogP contribution in [0.15, 0.2) is 48.5 Å². The minimum absolute atomic E-state index is 0.133. The lowest BCUT2D eigenvalue weighted by atomic mass is 10.1. The molecule has 0 aliphatic carbocycles. The molecule has 0 atom stereocenters. The Morgan fingerprint density at radius 3 is 2.00 bits per heavy atom. The number of hydrogen-bond donors (Lipinski definition) is 2. The van der Waals surface area contributed by atoms with Gasteiger partial charge < -0.3 is 10.6 Å². The van der Waals surface area contributed by atoms with Crippen LogP contribution in [0.5, 0.6) is 0 Å². The number of nitrogens with zero attached hydrogens (tertiary/aromatic N) is 1. The Morgan fingerprint density at radius 1 is 0.833 bits per heavy atom. The monoisotopic (exact) mass is 411 g/mol. The Labute approximate surface area is 173 Å². The van der Waals surface area contributed by atoms with Gasteiger partial charge in [-0.2, -0.15) is 0 Å². The van der Waals surface area contributed by atoms with Gasteiger partial charge in [0.15, 0.2) is 0 Å². The summed E-state index contributed by atoms with van der Waals surface area (Å²) in [5.74, 6) is -1.47. The topological polar surface area (TPSA) is 95.6 Å². The Hall–Kier alpha value is -3.55. The van der Waals surface area contributed by atoms with Crippen molar-refractivity contribution >= 4 is 23.6 Å². The minimum atomic E-state index is -0.357. The van der Waals surface area contributed by atoms with E-state index in [9.17, 15) is 23.6 Å². The van der Waals surface area contributed by atoms with Gasteiger partial charge in [-0.1, -0.05) is 24.3 Å². The predicted molar refractivity (Wildman–Crippen MR) is 107 cm³/mol. The van der Waals surface area contributed by atoms with E-state index >= 15 is 0 Å². The molecule has 2 aromatic carbocycles. The van der Waals surface area contributed by atoms with Gasteiger partial charge in [-0.05, 0) is 36.2 Å². The maximum absolute atomic E-state index is 12.8. The summed E-state index contributed by atoms with van der Waals surface area (Å²) in [7, 11) is 0. The van der Waals surface area contributed by atoms with E-state index in [2.05, 4.69) is 10.6 Å². The summed E-state index contributed by atoms with van der Waals surface area (Å²) in [6.07, 6.45) is 0.652. The molecule has 0 bridgehead atoms. The Kier molecular flexibility index (Phi) is 6.90. The predicted octanol–water partition coefficient (Wildman–Crippen LogP) is 1.68. The molecule has 1 heterocycles. The Morgan fingerprint density at radius 2 is 1.40 bits per heavy atom. The van der Waals surface area contributed by atoms with Gasteiger partial charge in [0.1, 0.15) is 5.82 Å². The summed E-state index contributed by atoms with van der Waals surface area (Å²) in [6.45, 7) is 0.708. The molecule has 0 fully saturated rings. The van der Waals surface area contributed by atoms with Crippen LogP contribution in [0.2, 0.25) is 0 Å². The second-order valence-corrected chi connectivity index (χ2v) is 6.91. The van der Waals surface area contributed by atoms with Gasteiger partial charge in [0.2, 0.25) is 11.8 Å². The summed E-state index contributed by atoms with van der Waals surface area (Å²) in [6, 6.07) is 12.3. The fourth-order valence-corrected chi connectivity index (χ4v) is 3.18. The zero-order valence-electron chi connectivity index (χ0n) is 16.3. The SMILES string of the molecule is O=C(CCCN1C(=O)c2ccccc2C1=O)NCCNC(=O)Cc1ccc(F)cc1. The highest BCUT2D eigenvalue weighted by Gasteiger charge is 2.34. The second kappa shape index (κ2) is 9.78. The molecule has 3 rings (SSSR count). The normalized spacial score (nSPS) is 12.6. The Bertz CT molecular complexity index is 924. The van der Waals surface area contributed by atoms with Crippen LogP contribution < -0.4 is 10.6 Å². The fourth-order valence-electron chi connectivity index (χ4n) is 3.18. The molecule has 30 heavy (non-hydrogen) atoms. The number of halogens is 1. The van der Waals surface area contributed by atoms with Crippen LogP contribution in [0.1, 0.15) is 39.1 Å². The number of rotatable bonds is 9. The molecular formula is C22H22FN3O4. The molecule has 8 heteroatoms. The van der Waals surface area contributed by atoms with E-state index < -0.39 is 0 Å². The van der Waals surface area contributed by atoms with Gasteiger partial charge >= 0.3 is 0 Å². The molecule has 156 valence electrons. The average Bonchev–Trinajstić information content (AvgIpc) is 2.98. The summed E-state index contributed by atoms with van der Waals surface area (Å²) < 4.78 is 12.8. The van der Waals surface area contributed by atoms with E-state index in [-0.39, 0.29) is 61.9 Å². The van der Waals surface area contributed by atoms with Crippen LogP contribution >= 0.6 is 0 Å². The van der Waals surface area contributed by atoms with Crippen molar-refractivity contribution in [3.63, 3.8) is 0 Å². The molecule has 0 saturated carbocycles. The molecule has 1 aliphatic rings. The lowest BCUT2D eigenvalue weighted by Gasteiger charge is -2.13. The first-order valence-electron chi connectivity index (χ1n) is 9.69.